The van der Waals surface area contributed by atoms with Crippen LogP contribution in [0.5, 0.6) is 0 Å². The van der Waals surface area contributed by atoms with Crippen molar-refractivity contribution in [3.05, 3.63) is 112 Å². The highest BCUT2D eigenvalue weighted by Crippen LogP contribution is 2.34. The number of hydrogen-bond donors (Lipinski definition) is 1. The van der Waals surface area contributed by atoms with Crippen molar-refractivity contribution in [2.24, 2.45) is 4.99 Å². The molecule has 4 rings (SSSR count). The second-order valence-electron chi connectivity index (χ2n) is 10.6. The average molecular weight is 576 g/mol. The molecule has 0 saturated heterocycles. The van der Waals surface area contributed by atoms with E-state index >= 15 is 4.39 Å². The number of nitrogens with zero attached hydrogens (tertiary/aromatic N) is 2. The number of alkyl halides is 2. The lowest BCUT2D eigenvalue weighted by atomic mass is 9.96. The molecule has 0 aliphatic carbocycles. The number of hydrogen-bond acceptors (Lipinski definition) is 4. The van der Waals surface area contributed by atoms with Crippen LogP contribution in [0.15, 0.2) is 87.8 Å². The number of anilines is 1. The van der Waals surface area contributed by atoms with Crippen LogP contribution in [0.4, 0.5) is 18.9 Å². The summed E-state index contributed by atoms with van der Waals surface area (Å²) < 4.78 is 46.8. The highest BCUT2D eigenvalue weighted by atomic mass is 32.2. The van der Waals surface area contributed by atoms with Crippen LogP contribution < -0.4 is 4.72 Å². The molecule has 1 heterocycles. The summed E-state index contributed by atoms with van der Waals surface area (Å²) in [6.45, 7) is 8.94. The fourth-order valence-electron chi connectivity index (χ4n) is 4.96. The molecule has 7 heteroatoms. The standard InChI is InChI=1S/C34H36F3N3S/c1-21(2)29(23(4)38-6)17-12-24-10-15-28(16-11-24)41-40-27-14-13-25(32(35)20-27)19-26-18-22(3)39-33-30(26)8-7-9-31(33)34(5,36)37/h7-11,13-16,18,20,40H,12,17,19H2,1-6H3. The van der Waals surface area contributed by atoms with Crippen molar-refractivity contribution < 1.29 is 13.2 Å². The maximum atomic E-state index is 15.2. The number of aliphatic imine (C=N–C) groups is 1. The summed E-state index contributed by atoms with van der Waals surface area (Å²) in [6.07, 6.45) is 2.16. The highest BCUT2D eigenvalue weighted by molar-refractivity contribution is 8.00. The first kappa shape index (κ1) is 30.4. The minimum absolute atomic E-state index is 0.122. The Morgan fingerprint density at radius 2 is 1.71 bits per heavy atom. The minimum atomic E-state index is -3.02. The van der Waals surface area contributed by atoms with Crippen LogP contribution in [0.1, 0.15) is 62.1 Å². The predicted octanol–water partition coefficient (Wildman–Crippen LogP) is 9.86. The molecule has 0 radical (unpaired) electrons. The molecular weight excluding hydrogens is 539 g/mol. The van der Waals surface area contributed by atoms with Crippen LogP contribution in [0.3, 0.4) is 0 Å². The van der Waals surface area contributed by atoms with Crippen LogP contribution in [-0.2, 0) is 18.8 Å². The van der Waals surface area contributed by atoms with Gasteiger partial charge in [0.15, 0.2) is 0 Å². The van der Waals surface area contributed by atoms with Gasteiger partial charge in [-0.2, -0.15) is 0 Å². The molecule has 0 amide bonds. The molecule has 0 fully saturated rings. The van der Waals surface area contributed by atoms with Crippen LogP contribution in [-0.4, -0.2) is 17.7 Å². The molecule has 0 atom stereocenters. The zero-order valence-corrected chi connectivity index (χ0v) is 25.2. The van der Waals surface area contributed by atoms with Gasteiger partial charge in [0.05, 0.1) is 5.52 Å². The fourth-order valence-corrected chi connectivity index (χ4v) is 5.60. The smallest absolute Gasteiger partial charge is 0.272 e. The van der Waals surface area contributed by atoms with Crippen molar-refractivity contribution in [1.29, 1.82) is 0 Å². The lowest BCUT2D eigenvalue weighted by molar-refractivity contribution is 0.0189. The van der Waals surface area contributed by atoms with Gasteiger partial charge in [-0.3, -0.25) is 9.98 Å². The van der Waals surface area contributed by atoms with Crippen molar-refractivity contribution in [2.45, 2.75) is 64.7 Å². The van der Waals surface area contributed by atoms with Gasteiger partial charge >= 0.3 is 0 Å². The highest BCUT2D eigenvalue weighted by Gasteiger charge is 2.28. The van der Waals surface area contributed by atoms with Crippen LogP contribution >= 0.6 is 11.9 Å². The number of aromatic nitrogens is 1. The Morgan fingerprint density at radius 1 is 0.976 bits per heavy atom. The van der Waals surface area contributed by atoms with Crippen LogP contribution in [0.2, 0.25) is 0 Å². The van der Waals surface area contributed by atoms with Gasteiger partial charge in [0.1, 0.15) is 5.82 Å². The summed E-state index contributed by atoms with van der Waals surface area (Å²) in [5, 5.41) is 0.612. The maximum absolute atomic E-state index is 15.2. The number of nitrogens with one attached hydrogen (secondary N) is 1. The average Bonchev–Trinajstić information content (AvgIpc) is 2.92. The first-order valence-electron chi connectivity index (χ1n) is 13.6. The topological polar surface area (TPSA) is 37.3 Å². The number of benzene rings is 3. The molecule has 0 aliphatic heterocycles. The molecule has 0 saturated carbocycles. The molecule has 4 aromatic rings. The van der Waals surface area contributed by atoms with Gasteiger partial charge in [-0.1, -0.05) is 42.0 Å². The summed E-state index contributed by atoms with van der Waals surface area (Å²) in [5.41, 5.74) is 7.59. The first-order chi connectivity index (χ1) is 19.5. The third-order valence-corrected chi connectivity index (χ3v) is 8.06. The molecule has 1 N–H and O–H groups in total. The SMILES string of the molecule is CN=C(C)C(CCc1ccc(SNc2ccc(Cc3cc(C)nc4c(C(C)(F)F)cccc34)c(F)c2)cc1)=C(C)C. The van der Waals surface area contributed by atoms with E-state index in [1.54, 1.807) is 25.1 Å². The van der Waals surface area contributed by atoms with E-state index in [-0.39, 0.29) is 23.3 Å². The molecule has 0 spiro atoms. The molecule has 41 heavy (non-hydrogen) atoms. The number of allylic oxidation sites excluding steroid dienone is 2. The van der Waals surface area contributed by atoms with E-state index in [1.165, 1.54) is 40.8 Å². The maximum Gasteiger partial charge on any atom is 0.272 e. The van der Waals surface area contributed by atoms with E-state index in [0.717, 1.165) is 35.9 Å². The van der Waals surface area contributed by atoms with Crippen LogP contribution in [0, 0.1) is 12.7 Å². The van der Waals surface area contributed by atoms with Crippen molar-refractivity contribution in [3.63, 3.8) is 0 Å². The number of pyridine rings is 1. The Hall–Kier alpha value is -3.58. The van der Waals surface area contributed by atoms with Crippen molar-refractivity contribution in [1.82, 2.24) is 4.98 Å². The summed E-state index contributed by atoms with van der Waals surface area (Å²) >= 11 is 1.42. The van der Waals surface area contributed by atoms with Gasteiger partial charge in [-0.15, -0.1) is 0 Å². The summed E-state index contributed by atoms with van der Waals surface area (Å²) in [7, 11) is 1.83. The number of halogens is 3. The minimum Gasteiger partial charge on any atom is -0.326 e. The van der Waals surface area contributed by atoms with Gasteiger partial charge < -0.3 is 4.72 Å². The number of aryl methyl sites for hydroxylation is 2. The predicted molar refractivity (Wildman–Crippen MR) is 167 cm³/mol. The largest absolute Gasteiger partial charge is 0.326 e. The normalized spacial score (nSPS) is 12.1. The van der Waals surface area contributed by atoms with E-state index in [9.17, 15) is 8.78 Å². The number of para-hydroxylation sites is 1. The summed E-state index contributed by atoms with van der Waals surface area (Å²) in [6, 6.07) is 20.0. The number of fused-ring (bicyclic) bond motifs is 1. The third-order valence-electron chi connectivity index (χ3n) is 7.21. The van der Waals surface area contributed by atoms with Crippen molar-refractivity contribution in [3.8, 4) is 0 Å². The molecule has 1 aromatic heterocycles. The van der Waals surface area contributed by atoms with Gasteiger partial charge in [-0.05, 0) is 105 Å². The van der Waals surface area contributed by atoms with E-state index in [1.807, 2.05) is 19.2 Å². The van der Waals surface area contributed by atoms with Gasteiger partial charge in [-0.25, -0.2) is 13.2 Å². The third kappa shape index (κ3) is 7.59. The lowest BCUT2D eigenvalue weighted by Crippen LogP contribution is -2.09. The van der Waals surface area contributed by atoms with Gasteiger partial charge in [0.25, 0.3) is 5.92 Å². The Bertz CT molecular complexity index is 1600. The fraction of sp³-hybridized carbons (Fsp3) is 0.294. The second-order valence-corrected chi connectivity index (χ2v) is 11.5. The zero-order chi connectivity index (χ0) is 29.7. The Kier molecular flexibility index (Phi) is 9.59. The Morgan fingerprint density at radius 3 is 2.34 bits per heavy atom. The van der Waals surface area contributed by atoms with E-state index < -0.39 is 5.92 Å². The summed E-state index contributed by atoms with van der Waals surface area (Å²) in [4.78, 5) is 9.75. The number of rotatable bonds is 10. The lowest BCUT2D eigenvalue weighted by Gasteiger charge is -2.16. The molecule has 3 nitrogen and oxygen atoms in total. The second kappa shape index (κ2) is 12.9. The zero-order valence-electron chi connectivity index (χ0n) is 24.4. The molecule has 0 aliphatic rings. The first-order valence-corrected chi connectivity index (χ1v) is 14.5. The Labute approximate surface area is 245 Å². The van der Waals surface area contributed by atoms with E-state index in [4.69, 9.17) is 0 Å². The monoisotopic (exact) mass is 575 g/mol. The molecule has 214 valence electrons. The molecule has 3 aromatic carbocycles. The Balaban J connectivity index is 1.43. The van der Waals surface area contributed by atoms with E-state index in [0.29, 0.717) is 22.3 Å². The molecule has 0 bridgehead atoms. The quantitative estimate of drug-likeness (QED) is 0.151. The molecule has 0 unspecified atom stereocenters. The van der Waals surface area contributed by atoms with Crippen molar-refractivity contribution >= 4 is 34.2 Å². The van der Waals surface area contributed by atoms with Crippen LogP contribution in [0.25, 0.3) is 10.9 Å². The molecular formula is C34H36F3N3S. The van der Waals surface area contributed by atoms with Gasteiger partial charge in [0, 0.05) is 53.3 Å². The summed E-state index contributed by atoms with van der Waals surface area (Å²) in [5.74, 6) is -3.38. The van der Waals surface area contributed by atoms with E-state index in [2.05, 4.69) is 59.7 Å². The van der Waals surface area contributed by atoms with Gasteiger partial charge in [0.2, 0.25) is 0 Å². The van der Waals surface area contributed by atoms with Crippen molar-refractivity contribution in [2.75, 3.05) is 11.8 Å².